The summed E-state index contributed by atoms with van der Waals surface area (Å²) in [5.74, 6) is 0. The molecule has 3 rings (SSSR count). The van der Waals surface area contributed by atoms with Crippen molar-refractivity contribution in [3.63, 3.8) is 0 Å². The molecule has 3 saturated heterocycles. The molecule has 0 saturated carbocycles. The van der Waals surface area contributed by atoms with Crippen LogP contribution < -0.4 is 0 Å². The summed E-state index contributed by atoms with van der Waals surface area (Å²) in [5.41, 5.74) is 0.657. The van der Waals surface area contributed by atoms with Crippen LogP contribution >= 0.6 is 0 Å². The van der Waals surface area contributed by atoms with Gasteiger partial charge in [-0.3, -0.25) is 4.90 Å². The summed E-state index contributed by atoms with van der Waals surface area (Å²) in [6, 6.07) is 1.61. The van der Waals surface area contributed by atoms with E-state index in [0.717, 1.165) is 12.1 Å². The van der Waals surface area contributed by atoms with Crippen molar-refractivity contribution >= 4 is 0 Å². The van der Waals surface area contributed by atoms with E-state index < -0.39 is 0 Å². The Morgan fingerprint density at radius 1 is 0.947 bits per heavy atom. The molecule has 0 aromatic heterocycles. The van der Waals surface area contributed by atoms with Crippen molar-refractivity contribution in [1.29, 1.82) is 0 Å². The van der Waals surface area contributed by atoms with Gasteiger partial charge in [0.2, 0.25) is 0 Å². The molecule has 1 spiro atoms. The molecule has 0 aromatic carbocycles. The lowest BCUT2D eigenvalue weighted by Crippen LogP contribution is -2.46. The highest BCUT2D eigenvalue weighted by atomic mass is 15.2. The van der Waals surface area contributed by atoms with Crippen LogP contribution in [-0.4, -0.2) is 73.1 Å². The number of likely N-dealkylation sites (tertiary alicyclic amines) is 3. The van der Waals surface area contributed by atoms with Crippen molar-refractivity contribution in [2.24, 2.45) is 5.41 Å². The zero-order chi connectivity index (χ0) is 13.5. The van der Waals surface area contributed by atoms with Crippen molar-refractivity contribution in [1.82, 2.24) is 14.7 Å². The lowest BCUT2D eigenvalue weighted by Gasteiger charge is -2.39. The fourth-order valence-corrected chi connectivity index (χ4v) is 4.54. The summed E-state index contributed by atoms with van der Waals surface area (Å²) < 4.78 is 0. The summed E-state index contributed by atoms with van der Waals surface area (Å²) in [6.07, 6.45) is 5.67. The third kappa shape index (κ3) is 2.84. The standard InChI is InChI=1S/C16H31N3/c1-14(2)18-8-4-15(5-9-18)19-11-7-16(13-19)6-10-17(3)12-16/h14-15H,4-13H2,1-3H3. The SMILES string of the molecule is CC(C)N1CCC(N2CCC3(CCN(C)C3)C2)CC1. The van der Waals surface area contributed by atoms with Gasteiger partial charge in [-0.1, -0.05) is 0 Å². The smallest absolute Gasteiger partial charge is 0.0120 e. The normalized spacial score (nSPS) is 36.0. The summed E-state index contributed by atoms with van der Waals surface area (Å²) in [5, 5.41) is 0. The van der Waals surface area contributed by atoms with Gasteiger partial charge in [-0.25, -0.2) is 0 Å². The Balaban J connectivity index is 1.52. The second-order valence-corrected chi connectivity index (χ2v) is 7.57. The highest BCUT2D eigenvalue weighted by molar-refractivity contribution is 4.98. The topological polar surface area (TPSA) is 9.72 Å². The first-order valence-electron chi connectivity index (χ1n) is 8.25. The highest BCUT2D eigenvalue weighted by Crippen LogP contribution is 2.40. The Bertz CT molecular complexity index is 309. The maximum absolute atomic E-state index is 2.83. The summed E-state index contributed by atoms with van der Waals surface area (Å²) in [4.78, 5) is 8.01. The van der Waals surface area contributed by atoms with E-state index in [9.17, 15) is 0 Å². The van der Waals surface area contributed by atoms with E-state index in [-0.39, 0.29) is 0 Å². The second-order valence-electron chi connectivity index (χ2n) is 7.57. The van der Waals surface area contributed by atoms with Gasteiger partial charge in [0.1, 0.15) is 0 Å². The molecule has 19 heavy (non-hydrogen) atoms. The third-order valence-corrected chi connectivity index (χ3v) is 5.84. The van der Waals surface area contributed by atoms with Crippen LogP contribution in [0.5, 0.6) is 0 Å². The van der Waals surface area contributed by atoms with Crippen molar-refractivity contribution < 1.29 is 0 Å². The van der Waals surface area contributed by atoms with E-state index in [2.05, 4.69) is 35.6 Å². The Hall–Kier alpha value is -0.120. The number of rotatable bonds is 2. The van der Waals surface area contributed by atoms with Crippen LogP contribution in [0.15, 0.2) is 0 Å². The van der Waals surface area contributed by atoms with Gasteiger partial charge in [-0.2, -0.15) is 0 Å². The molecule has 3 nitrogen and oxygen atoms in total. The molecule has 1 atom stereocenters. The minimum atomic E-state index is 0.657. The fraction of sp³-hybridized carbons (Fsp3) is 1.00. The van der Waals surface area contributed by atoms with Gasteiger partial charge < -0.3 is 9.80 Å². The van der Waals surface area contributed by atoms with Crippen LogP contribution in [0.25, 0.3) is 0 Å². The molecule has 3 fully saturated rings. The molecular formula is C16H31N3. The quantitative estimate of drug-likeness (QED) is 0.755. The fourth-order valence-electron chi connectivity index (χ4n) is 4.54. The molecule has 3 heterocycles. The molecule has 0 N–H and O–H groups in total. The summed E-state index contributed by atoms with van der Waals surface area (Å²) >= 11 is 0. The van der Waals surface area contributed by atoms with Gasteiger partial charge in [-0.05, 0) is 78.2 Å². The van der Waals surface area contributed by atoms with E-state index in [1.165, 1.54) is 65.0 Å². The Labute approximate surface area is 118 Å². The van der Waals surface area contributed by atoms with E-state index >= 15 is 0 Å². The Morgan fingerprint density at radius 3 is 2.21 bits per heavy atom. The average Bonchev–Trinajstić information content (AvgIpc) is 2.97. The van der Waals surface area contributed by atoms with Crippen LogP contribution in [0.1, 0.15) is 39.5 Å². The molecule has 3 aliphatic heterocycles. The monoisotopic (exact) mass is 265 g/mol. The number of hydrogen-bond acceptors (Lipinski definition) is 3. The molecule has 0 aromatic rings. The van der Waals surface area contributed by atoms with Crippen molar-refractivity contribution in [2.75, 3.05) is 46.3 Å². The summed E-state index contributed by atoms with van der Waals surface area (Å²) in [7, 11) is 2.29. The maximum atomic E-state index is 2.83. The highest BCUT2D eigenvalue weighted by Gasteiger charge is 2.44. The van der Waals surface area contributed by atoms with E-state index in [0.29, 0.717) is 5.41 Å². The predicted molar refractivity (Wildman–Crippen MR) is 80.5 cm³/mol. The van der Waals surface area contributed by atoms with Gasteiger partial charge in [0.25, 0.3) is 0 Å². The van der Waals surface area contributed by atoms with Crippen LogP contribution in [0.4, 0.5) is 0 Å². The molecule has 0 aliphatic carbocycles. The van der Waals surface area contributed by atoms with Crippen molar-refractivity contribution in [3.05, 3.63) is 0 Å². The average molecular weight is 265 g/mol. The lowest BCUT2D eigenvalue weighted by molar-refractivity contribution is 0.0989. The second kappa shape index (κ2) is 5.34. The Morgan fingerprint density at radius 2 is 1.63 bits per heavy atom. The molecule has 0 bridgehead atoms. The maximum Gasteiger partial charge on any atom is 0.0120 e. The van der Waals surface area contributed by atoms with Gasteiger partial charge in [0.05, 0.1) is 0 Å². The Kier molecular flexibility index (Phi) is 3.89. The zero-order valence-corrected chi connectivity index (χ0v) is 13.1. The number of piperidine rings is 1. The van der Waals surface area contributed by atoms with E-state index in [4.69, 9.17) is 0 Å². The molecule has 3 heteroatoms. The molecule has 0 radical (unpaired) electrons. The first-order chi connectivity index (χ1) is 9.08. The molecular weight excluding hydrogens is 234 g/mol. The largest absolute Gasteiger partial charge is 0.306 e. The van der Waals surface area contributed by atoms with Crippen LogP contribution in [0.2, 0.25) is 0 Å². The lowest BCUT2D eigenvalue weighted by atomic mass is 9.86. The number of hydrogen-bond donors (Lipinski definition) is 0. The molecule has 1 unspecified atom stereocenters. The van der Waals surface area contributed by atoms with Crippen molar-refractivity contribution in [3.8, 4) is 0 Å². The van der Waals surface area contributed by atoms with Crippen LogP contribution in [-0.2, 0) is 0 Å². The summed E-state index contributed by atoms with van der Waals surface area (Å²) in [6.45, 7) is 12.7. The first-order valence-corrected chi connectivity index (χ1v) is 8.25. The molecule has 0 amide bonds. The van der Waals surface area contributed by atoms with Gasteiger partial charge in [-0.15, -0.1) is 0 Å². The van der Waals surface area contributed by atoms with Gasteiger partial charge in [0, 0.05) is 25.2 Å². The van der Waals surface area contributed by atoms with Crippen molar-refractivity contribution in [2.45, 2.75) is 51.6 Å². The van der Waals surface area contributed by atoms with Crippen LogP contribution in [0, 0.1) is 5.41 Å². The zero-order valence-electron chi connectivity index (χ0n) is 13.1. The number of nitrogens with zero attached hydrogens (tertiary/aromatic N) is 3. The first kappa shape index (κ1) is 13.8. The van der Waals surface area contributed by atoms with Gasteiger partial charge >= 0.3 is 0 Å². The van der Waals surface area contributed by atoms with E-state index in [1.54, 1.807) is 0 Å². The van der Waals surface area contributed by atoms with Gasteiger partial charge in [0.15, 0.2) is 0 Å². The predicted octanol–water partition coefficient (Wildman–Crippen LogP) is 1.89. The molecule has 110 valence electrons. The third-order valence-electron chi connectivity index (χ3n) is 5.84. The minimum Gasteiger partial charge on any atom is -0.306 e. The van der Waals surface area contributed by atoms with Crippen LogP contribution in [0.3, 0.4) is 0 Å². The molecule has 3 aliphatic rings. The van der Waals surface area contributed by atoms with E-state index in [1.807, 2.05) is 0 Å². The minimum absolute atomic E-state index is 0.657.